The van der Waals surface area contributed by atoms with Crippen molar-refractivity contribution in [3.8, 4) is 0 Å². The molecule has 1 saturated carbocycles. The summed E-state index contributed by atoms with van der Waals surface area (Å²) >= 11 is 0. The molecule has 7 nitrogen and oxygen atoms in total. The van der Waals surface area contributed by atoms with Gasteiger partial charge in [0.15, 0.2) is 6.10 Å². The normalized spacial score (nSPS) is 21.5. The molecule has 27 heavy (non-hydrogen) atoms. The zero-order valence-corrected chi connectivity index (χ0v) is 17.1. The number of rotatable bonds is 6. The van der Waals surface area contributed by atoms with E-state index >= 15 is 0 Å². The second kappa shape index (κ2) is 8.84. The van der Waals surface area contributed by atoms with Gasteiger partial charge in [0, 0.05) is 20.1 Å². The minimum atomic E-state index is -3.56. The van der Waals surface area contributed by atoms with Gasteiger partial charge in [-0.25, -0.2) is 17.5 Å². The smallest absolute Gasteiger partial charge is 0.338 e. The van der Waals surface area contributed by atoms with Crippen molar-refractivity contribution in [3.63, 3.8) is 0 Å². The van der Waals surface area contributed by atoms with Crippen molar-refractivity contribution in [3.05, 3.63) is 29.8 Å². The van der Waals surface area contributed by atoms with Gasteiger partial charge in [-0.05, 0) is 49.9 Å². The van der Waals surface area contributed by atoms with Crippen LogP contribution in [-0.4, -0.2) is 50.8 Å². The first-order valence-electron chi connectivity index (χ1n) is 9.17. The van der Waals surface area contributed by atoms with Crippen LogP contribution in [0.3, 0.4) is 0 Å². The van der Waals surface area contributed by atoms with Gasteiger partial charge in [-0.1, -0.05) is 19.8 Å². The summed E-state index contributed by atoms with van der Waals surface area (Å²) in [7, 11) is -0.689. The van der Waals surface area contributed by atoms with E-state index in [1.807, 2.05) is 0 Å². The number of amides is 1. The molecule has 0 unspecified atom stereocenters. The Morgan fingerprint density at radius 2 is 1.74 bits per heavy atom. The first kappa shape index (κ1) is 21.4. The lowest BCUT2D eigenvalue weighted by Gasteiger charge is -2.30. The summed E-state index contributed by atoms with van der Waals surface area (Å²) in [5.41, 5.74) is 0.193. The lowest BCUT2D eigenvalue weighted by atomic mass is 9.86. The summed E-state index contributed by atoms with van der Waals surface area (Å²) in [6, 6.07) is 5.57. The highest BCUT2D eigenvalue weighted by molar-refractivity contribution is 7.89. The zero-order valence-electron chi connectivity index (χ0n) is 16.3. The molecule has 1 aliphatic rings. The maximum Gasteiger partial charge on any atom is 0.338 e. The Labute approximate surface area is 161 Å². The average molecular weight is 397 g/mol. The third-order valence-electron chi connectivity index (χ3n) is 4.96. The second-order valence-electron chi connectivity index (χ2n) is 7.24. The van der Waals surface area contributed by atoms with Crippen molar-refractivity contribution < 1.29 is 22.7 Å². The van der Waals surface area contributed by atoms with Crippen LogP contribution in [0.25, 0.3) is 0 Å². The SMILES string of the molecule is C[C@@H]1CCCC[C@H]1NC(=O)[C@@H](C)OC(=O)c1ccc(S(=O)(=O)N(C)C)cc1. The van der Waals surface area contributed by atoms with Gasteiger partial charge in [0.2, 0.25) is 10.0 Å². The van der Waals surface area contributed by atoms with Gasteiger partial charge in [0.05, 0.1) is 10.5 Å². The Morgan fingerprint density at radius 1 is 1.15 bits per heavy atom. The standard InChI is InChI=1S/C19H28N2O5S/c1-13-7-5-6-8-17(13)20-18(22)14(2)26-19(23)15-9-11-16(12-10-15)27(24,25)21(3)4/h9-14,17H,5-8H2,1-4H3,(H,20,22)/t13-,14-,17-/m1/s1. The molecule has 8 heteroatoms. The summed E-state index contributed by atoms with van der Waals surface area (Å²) in [6.07, 6.45) is 3.37. The van der Waals surface area contributed by atoms with Gasteiger partial charge < -0.3 is 10.1 Å². The van der Waals surface area contributed by atoms with E-state index in [4.69, 9.17) is 4.74 Å². The molecule has 0 aromatic heterocycles. The van der Waals surface area contributed by atoms with E-state index in [9.17, 15) is 18.0 Å². The Balaban J connectivity index is 1.96. The number of sulfonamides is 1. The Morgan fingerprint density at radius 3 is 2.30 bits per heavy atom. The number of nitrogens with one attached hydrogen (secondary N) is 1. The topological polar surface area (TPSA) is 92.8 Å². The molecule has 0 bridgehead atoms. The quantitative estimate of drug-likeness (QED) is 0.744. The number of carbonyl (C=O) groups excluding carboxylic acids is 2. The van der Waals surface area contributed by atoms with E-state index < -0.39 is 22.1 Å². The molecular weight excluding hydrogens is 368 g/mol. The molecule has 1 amide bonds. The molecule has 1 N–H and O–H groups in total. The van der Waals surface area contributed by atoms with Gasteiger partial charge in [-0.15, -0.1) is 0 Å². The molecular formula is C19H28N2O5S. The van der Waals surface area contributed by atoms with Crippen LogP contribution in [0.1, 0.15) is 49.9 Å². The van der Waals surface area contributed by atoms with Crippen LogP contribution in [0.15, 0.2) is 29.2 Å². The van der Waals surface area contributed by atoms with Crippen LogP contribution in [-0.2, 0) is 19.6 Å². The first-order valence-corrected chi connectivity index (χ1v) is 10.6. The zero-order chi connectivity index (χ0) is 20.2. The van der Waals surface area contributed by atoms with Gasteiger partial charge in [-0.2, -0.15) is 0 Å². The highest BCUT2D eigenvalue weighted by atomic mass is 32.2. The number of benzene rings is 1. The predicted octanol–water partition coefficient (Wildman–Crippen LogP) is 2.18. The molecule has 1 aromatic carbocycles. The molecule has 2 rings (SSSR count). The molecule has 3 atom stereocenters. The molecule has 0 saturated heterocycles. The number of nitrogens with zero attached hydrogens (tertiary/aromatic N) is 1. The van der Waals surface area contributed by atoms with Crippen molar-refractivity contribution in [2.24, 2.45) is 5.92 Å². The summed E-state index contributed by atoms with van der Waals surface area (Å²) < 4.78 is 30.4. The molecule has 150 valence electrons. The van der Waals surface area contributed by atoms with Crippen molar-refractivity contribution in [2.75, 3.05) is 14.1 Å². The van der Waals surface area contributed by atoms with Gasteiger partial charge in [0.1, 0.15) is 0 Å². The second-order valence-corrected chi connectivity index (χ2v) is 9.39. The van der Waals surface area contributed by atoms with E-state index in [2.05, 4.69) is 12.2 Å². The number of hydrogen-bond acceptors (Lipinski definition) is 5. The monoisotopic (exact) mass is 396 g/mol. The Hall–Kier alpha value is -1.93. The van der Waals surface area contributed by atoms with E-state index in [-0.39, 0.29) is 22.4 Å². The van der Waals surface area contributed by atoms with Crippen molar-refractivity contribution in [1.82, 2.24) is 9.62 Å². The minimum absolute atomic E-state index is 0.0844. The maximum atomic E-state index is 12.3. The predicted molar refractivity (Wildman–Crippen MR) is 102 cm³/mol. The third kappa shape index (κ3) is 5.29. The molecule has 0 aliphatic heterocycles. The van der Waals surface area contributed by atoms with E-state index in [0.29, 0.717) is 5.92 Å². The average Bonchev–Trinajstić information content (AvgIpc) is 2.63. The fraction of sp³-hybridized carbons (Fsp3) is 0.579. The van der Waals surface area contributed by atoms with Crippen molar-refractivity contribution >= 4 is 21.9 Å². The molecule has 0 radical (unpaired) electrons. The van der Waals surface area contributed by atoms with E-state index in [0.717, 1.165) is 23.6 Å². The molecule has 0 heterocycles. The van der Waals surface area contributed by atoms with Crippen LogP contribution in [0.2, 0.25) is 0 Å². The Bertz CT molecular complexity index is 774. The Kier molecular flexibility index (Phi) is 7.00. The number of hydrogen-bond donors (Lipinski definition) is 1. The molecule has 1 aromatic rings. The highest BCUT2D eigenvalue weighted by Gasteiger charge is 2.26. The van der Waals surface area contributed by atoms with Crippen LogP contribution in [0.5, 0.6) is 0 Å². The summed E-state index contributed by atoms with van der Waals surface area (Å²) in [5, 5.41) is 2.97. The van der Waals surface area contributed by atoms with Crippen LogP contribution >= 0.6 is 0 Å². The lowest BCUT2D eigenvalue weighted by Crippen LogP contribution is -2.45. The minimum Gasteiger partial charge on any atom is -0.449 e. The lowest BCUT2D eigenvalue weighted by molar-refractivity contribution is -0.130. The first-order chi connectivity index (χ1) is 12.6. The largest absolute Gasteiger partial charge is 0.449 e. The van der Waals surface area contributed by atoms with Crippen molar-refractivity contribution in [1.29, 1.82) is 0 Å². The fourth-order valence-electron chi connectivity index (χ4n) is 3.09. The van der Waals surface area contributed by atoms with E-state index in [1.54, 1.807) is 0 Å². The molecule has 1 fully saturated rings. The van der Waals surface area contributed by atoms with Gasteiger partial charge in [0.25, 0.3) is 5.91 Å². The van der Waals surface area contributed by atoms with Crippen LogP contribution in [0.4, 0.5) is 0 Å². The van der Waals surface area contributed by atoms with Crippen LogP contribution in [0, 0.1) is 5.92 Å². The maximum absolute atomic E-state index is 12.3. The summed E-state index contributed by atoms with van der Waals surface area (Å²) in [6.45, 7) is 3.65. The number of esters is 1. The molecule has 0 spiro atoms. The number of ether oxygens (including phenoxy) is 1. The summed E-state index contributed by atoms with van der Waals surface area (Å²) in [4.78, 5) is 24.6. The van der Waals surface area contributed by atoms with E-state index in [1.165, 1.54) is 51.7 Å². The van der Waals surface area contributed by atoms with Crippen LogP contribution < -0.4 is 5.32 Å². The van der Waals surface area contributed by atoms with Gasteiger partial charge >= 0.3 is 5.97 Å². The highest BCUT2D eigenvalue weighted by Crippen LogP contribution is 2.24. The molecule has 1 aliphatic carbocycles. The fourth-order valence-corrected chi connectivity index (χ4v) is 3.99. The van der Waals surface area contributed by atoms with Crippen molar-refractivity contribution in [2.45, 2.75) is 56.6 Å². The number of carbonyl (C=O) groups is 2. The summed E-state index contributed by atoms with van der Waals surface area (Å²) in [5.74, 6) is -0.561. The van der Waals surface area contributed by atoms with Gasteiger partial charge in [-0.3, -0.25) is 4.79 Å². The third-order valence-corrected chi connectivity index (χ3v) is 6.79.